The number of imide groups is 1. The van der Waals surface area contributed by atoms with Crippen molar-refractivity contribution in [3.63, 3.8) is 0 Å². The lowest BCUT2D eigenvalue weighted by molar-refractivity contribution is -0.463. The summed E-state index contributed by atoms with van der Waals surface area (Å²) in [6.45, 7) is -0.138. The number of halogens is 6. The lowest BCUT2D eigenvalue weighted by Crippen LogP contribution is -2.90. The van der Waals surface area contributed by atoms with Gasteiger partial charge in [0.25, 0.3) is 0 Å². The van der Waals surface area contributed by atoms with E-state index < -0.39 is 71.8 Å². The molecule has 3 unspecified atom stereocenters. The van der Waals surface area contributed by atoms with Gasteiger partial charge in [-0.1, -0.05) is 48.5 Å². The fourth-order valence-electron chi connectivity index (χ4n) is 6.20. The Labute approximate surface area is 271 Å². The first-order valence-electron chi connectivity index (χ1n) is 14.9. The number of hydrogen-bond donors (Lipinski definition) is 2. The van der Waals surface area contributed by atoms with E-state index in [4.69, 9.17) is 9.57 Å². The van der Waals surface area contributed by atoms with Crippen molar-refractivity contribution in [2.45, 2.75) is 49.3 Å². The minimum atomic E-state index is -5.07. The second-order valence-corrected chi connectivity index (χ2v) is 11.7. The zero-order valence-corrected chi connectivity index (χ0v) is 25.6. The van der Waals surface area contributed by atoms with Gasteiger partial charge in [-0.3, -0.25) is 4.90 Å². The number of ether oxygens (including phenoxy) is 1. The molecule has 0 aliphatic carbocycles. The molecule has 3 aromatic rings. The number of piperidine rings is 1. The van der Waals surface area contributed by atoms with Crippen LogP contribution in [0.1, 0.15) is 58.5 Å². The van der Waals surface area contributed by atoms with E-state index in [2.05, 4.69) is 0 Å². The largest absolute Gasteiger partial charge is 0.424 e. The second kappa shape index (κ2) is 13.3. The molecule has 2 heterocycles. The Morgan fingerprint density at radius 3 is 2.06 bits per heavy atom. The van der Waals surface area contributed by atoms with Gasteiger partial charge in [-0.2, -0.15) is 31.7 Å². The monoisotopic (exact) mass is 680 g/mol. The number of urea groups is 1. The number of hydroxylamine groups is 2. The molecule has 2 saturated heterocycles. The Kier molecular flexibility index (Phi) is 9.70. The third-order valence-electron chi connectivity index (χ3n) is 8.82. The normalized spacial score (nSPS) is 22.7. The number of nitrogens with zero attached hydrogens (tertiary/aromatic N) is 2. The van der Waals surface area contributed by atoms with E-state index >= 15 is 0 Å². The highest BCUT2D eigenvalue weighted by atomic mass is 19.4. The predicted octanol–water partition coefficient (Wildman–Crippen LogP) is 4.82. The number of β-amino-alcohol motifs (C(OH)–C–C–N with tert-alkyl or cyclic N) is 1. The summed E-state index contributed by atoms with van der Waals surface area (Å²) in [4.78, 5) is 46.9. The van der Waals surface area contributed by atoms with Gasteiger partial charge in [0.2, 0.25) is 0 Å². The number of primary amides is 2. The van der Waals surface area contributed by atoms with Crippen molar-refractivity contribution < 1.29 is 60.7 Å². The summed E-state index contributed by atoms with van der Waals surface area (Å²) in [5, 5.41) is 11.8. The molecule has 15 heteroatoms. The number of aliphatic hydroxyl groups excluding tert-OH is 1. The van der Waals surface area contributed by atoms with Crippen molar-refractivity contribution in [3.8, 4) is 0 Å². The van der Waals surface area contributed by atoms with Crippen LogP contribution in [0.5, 0.6) is 0 Å². The van der Waals surface area contributed by atoms with E-state index in [0.717, 1.165) is 5.32 Å². The van der Waals surface area contributed by atoms with Crippen molar-refractivity contribution in [2.24, 2.45) is 0 Å². The lowest BCUT2D eigenvalue weighted by Gasteiger charge is -2.51. The molecule has 1 spiro atoms. The molecule has 0 aromatic heterocycles. The zero-order chi connectivity index (χ0) is 34.9. The maximum Gasteiger partial charge on any atom is 0.424 e. The van der Waals surface area contributed by atoms with Crippen LogP contribution < -0.4 is 5.32 Å². The van der Waals surface area contributed by atoms with Gasteiger partial charge in [0.15, 0.2) is 5.54 Å². The molecule has 48 heavy (non-hydrogen) atoms. The highest BCUT2D eigenvalue weighted by Crippen LogP contribution is 2.45. The van der Waals surface area contributed by atoms with E-state index in [0.29, 0.717) is 17.7 Å². The van der Waals surface area contributed by atoms with E-state index in [9.17, 15) is 45.8 Å². The van der Waals surface area contributed by atoms with Gasteiger partial charge in [0, 0.05) is 0 Å². The third-order valence-corrected chi connectivity index (χ3v) is 8.82. The van der Waals surface area contributed by atoms with Crippen LogP contribution in [0.25, 0.3) is 0 Å². The zero-order valence-electron chi connectivity index (χ0n) is 25.6. The minimum Gasteiger partial charge on any atom is -0.395 e. The molecule has 256 valence electrons. The van der Waals surface area contributed by atoms with Crippen LogP contribution in [0, 0.1) is 0 Å². The maximum absolute atomic E-state index is 13.6. The average Bonchev–Trinajstić information content (AvgIpc) is 3.28. The van der Waals surface area contributed by atoms with Gasteiger partial charge in [-0.15, -0.1) is 5.06 Å². The molecule has 2 aliphatic rings. The molecule has 2 aliphatic heterocycles. The summed E-state index contributed by atoms with van der Waals surface area (Å²) in [6, 6.07) is 16.9. The fourth-order valence-corrected chi connectivity index (χ4v) is 6.20. The number of benzene rings is 3. The molecule has 2 fully saturated rings. The van der Waals surface area contributed by atoms with E-state index in [1.54, 1.807) is 48.5 Å². The van der Waals surface area contributed by atoms with Crippen LogP contribution in [-0.2, 0) is 32.3 Å². The first-order chi connectivity index (χ1) is 22.6. The number of nitrogens with two attached hydrogens (primary N) is 1. The van der Waals surface area contributed by atoms with Crippen molar-refractivity contribution >= 4 is 17.9 Å². The smallest absolute Gasteiger partial charge is 0.395 e. The highest BCUT2D eigenvalue weighted by Gasteiger charge is 2.64. The molecule has 3 N–H and O–H groups in total. The number of amides is 3. The molecule has 0 radical (unpaired) electrons. The summed E-state index contributed by atoms with van der Waals surface area (Å²) in [5.41, 5.74) is -5.71. The van der Waals surface area contributed by atoms with Crippen molar-refractivity contribution in [1.82, 2.24) is 9.96 Å². The Hall–Kier alpha value is -4.31. The molecule has 9 nitrogen and oxygen atoms in total. The Morgan fingerprint density at radius 1 is 0.917 bits per heavy atom. The van der Waals surface area contributed by atoms with Gasteiger partial charge in [0.1, 0.15) is 5.54 Å². The Balaban J connectivity index is 1.57. The van der Waals surface area contributed by atoms with Crippen LogP contribution in [-0.4, -0.2) is 64.8 Å². The molecule has 3 aromatic carbocycles. The molecular formula is C33H32F6N3O6+. The number of quaternary nitrogens is 1. The standard InChI is InChI=1S/C33H31F6N3O6/c1-21(23-16-25(32(34,35)36)18-26(17-23)33(37,38)39)47-20-31(24-10-6-3-7-11-24)13-12-30(28(45)40-29(46)41(30)14-15-43)19-42(31)48-27(44)22-8-4-2-5-9-22/h2-11,16-18,21,43H,12-15,19-20H2,1H3,(H,40,45,46)/p+1. The quantitative estimate of drug-likeness (QED) is 0.246. The van der Waals surface area contributed by atoms with Gasteiger partial charge in [0.05, 0.1) is 49.1 Å². The van der Waals surface area contributed by atoms with Crippen LogP contribution in [0.15, 0.2) is 78.9 Å². The molecule has 3 atom stereocenters. The third kappa shape index (κ3) is 6.81. The van der Waals surface area contributed by atoms with E-state index in [1.807, 2.05) is 0 Å². The van der Waals surface area contributed by atoms with E-state index in [1.165, 1.54) is 29.0 Å². The summed E-state index contributed by atoms with van der Waals surface area (Å²) in [5.74, 6) is -1.40. The minimum absolute atomic E-state index is 0.00186. The summed E-state index contributed by atoms with van der Waals surface area (Å²) in [6.07, 6.45) is -11.5. The highest BCUT2D eigenvalue weighted by molar-refractivity contribution is 5.94. The Bertz CT molecular complexity index is 1620. The maximum atomic E-state index is 13.6. The number of hydrogen-bond acceptors (Lipinski definition) is 7. The van der Waals surface area contributed by atoms with E-state index in [-0.39, 0.29) is 43.1 Å². The molecule has 3 amide bonds. The second-order valence-electron chi connectivity index (χ2n) is 11.7. The average molecular weight is 681 g/mol. The topological polar surface area (TPSA) is 113 Å². The number of carbonyl (C=O) groups is 3. The molecule has 0 saturated carbocycles. The van der Waals surface area contributed by atoms with Crippen LogP contribution in [0.2, 0.25) is 0 Å². The number of carbonyl (C=O) groups excluding carboxylic acids is 3. The summed E-state index contributed by atoms with van der Waals surface area (Å²) < 4.78 is 87.8. The van der Waals surface area contributed by atoms with Gasteiger partial charge < -0.3 is 14.7 Å². The Morgan fingerprint density at radius 2 is 1.50 bits per heavy atom. The fraction of sp³-hybridized carbons (Fsp3) is 0.364. The molecule has 0 bridgehead atoms. The summed E-state index contributed by atoms with van der Waals surface area (Å²) in [7, 11) is 0. The van der Waals surface area contributed by atoms with Crippen LogP contribution >= 0.6 is 0 Å². The van der Waals surface area contributed by atoms with Crippen molar-refractivity contribution in [1.29, 1.82) is 0 Å². The number of aliphatic hydroxyl groups is 1. The molecule has 5 rings (SSSR count). The van der Waals surface area contributed by atoms with Crippen LogP contribution in [0.3, 0.4) is 0 Å². The predicted molar refractivity (Wildman–Crippen MR) is 156 cm³/mol. The first kappa shape index (κ1) is 35.0. The summed E-state index contributed by atoms with van der Waals surface area (Å²) >= 11 is 0. The lowest BCUT2D eigenvalue weighted by atomic mass is 9.75. The molecular weight excluding hydrogens is 648 g/mol. The van der Waals surface area contributed by atoms with Crippen molar-refractivity contribution in [2.75, 3.05) is 26.3 Å². The first-order valence-corrected chi connectivity index (χ1v) is 14.9. The van der Waals surface area contributed by atoms with Gasteiger partial charge in [-0.05, 0) is 61.2 Å². The SMILES string of the molecule is CC(OCC1(c2ccccc2)CCC2(CN1OC(=O)c1ccccc1)C(=O)[NH2+]C(=O)N2CCO)c1cc(C(F)(F)F)cc(C(F)(F)F)c1. The van der Waals surface area contributed by atoms with Crippen molar-refractivity contribution in [3.05, 3.63) is 107 Å². The van der Waals surface area contributed by atoms with Gasteiger partial charge in [-0.25, -0.2) is 14.4 Å². The van der Waals surface area contributed by atoms with Gasteiger partial charge >= 0.3 is 30.3 Å². The number of rotatable bonds is 9. The number of alkyl halides is 6. The van der Waals surface area contributed by atoms with Crippen LogP contribution in [0.4, 0.5) is 31.1 Å².